The zero-order chi connectivity index (χ0) is 10.9. The molecule has 0 saturated carbocycles. The summed E-state index contributed by atoms with van der Waals surface area (Å²) in [7, 11) is 0. The molecule has 1 aromatic carbocycles. The molecule has 1 aromatic rings. The van der Waals surface area contributed by atoms with Gasteiger partial charge >= 0.3 is 0 Å². The van der Waals surface area contributed by atoms with Crippen molar-refractivity contribution >= 4 is 15.9 Å². The van der Waals surface area contributed by atoms with Crippen molar-refractivity contribution in [2.45, 2.75) is 12.8 Å². The summed E-state index contributed by atoms with van der Waals surface area (Å²) < 4.78 is 38.7. The van der Waals surface area contributed by atoms with Crippen LogP contribution in [0.1, 0.15) is 18.4 Å². The van der Waals surface area contributed by atoms with E-state index in [9.17, 15) is 13.2 Å². The first-order valence-electron chi connectivity index (χ1n) is 3.92. The Hall–Kier alpha value is -0.550. The van der Waals surface area contributed by atoms with Gasteiger partial charge in [-0.1, -0.05) is 6.92 Å². The van der Waals surface area contributed by atoms with E-state index in [-0.39, 0.29) is 12.2 Å². The summed E-state index contributed by atoms with van der Waals surface area (Å²) in [6, 6.07) is 0.878. The van der Waals surface area contributed by atoms with Crippen molar-refractivity contribution in [3.63, 3.8) is 0 Å². The highest BCUT2D eigenvalue weighted by Crippen LogP contribution is 2.28. The first-order chi connectivity index (χ1) is 6.49. The van der Waals surface area contributed by atoms with Gasteiger partial charge in [0, 0.05) is 12.5 Å². The van der Waals surface area contributed by atoms with E-state index in [1.54, 1.807) is 0 Å². The van der Waals surface area contributed by atoms with Crippen molar-refractivity contribution < 1.29 is 18.3 Å². The van der Waals surface area contributed by atoms with Gasteiger partial charge in [-0.05, 0) is 27.6 Å². The normalized spacial score (nSPS) is 13.0. The fourth-order valence-corrected chi connectivity index (χ4v) is 1.34. The van der Waals surface area contributed by atoms with Gasteiger partial charge in [-0.2, -0.15) is 0 Å². The molecular weight excluding hydrogens is 261 g/mol. The van der Waals surface area contributed by atoms with Gasteiger partial charge in [0.15, 0.2) is 11.6 Å². The van der Waals surface area contributed by atoms with Gasteiger partial charge in [-0.25, -0.2) is 13.2 Å². The molecule has 0 heterocycles. The van der Waals surface area contributed by atoms with Crippen molar-refractivity contribution in [2.75, 3.05) is 6.61 Å². The van der Waals surface area contributed by atoms with Crippen LogP contribution in [0.5, 0.6) is 0 Å². The monoisotopic (exact) mass is 268 g/mol. The fraction of sp³-hybridized carbons (Fsp3) is 0.333. The predicted molar refractivity (Wildman–Crippen MR) is 49.5 cm³/mol. The van der Waals surface area contributed by atoms with Crippen molar-refractivity contribution in [1.82, 2.24) is 0 Å². The Labute approximate surface area is 87.7 Å². The molecule has 1 nitrogen and oxygen atoms in total. The van der Waals surface area contributed by atoms with Gasteiger partial charge in [0.1, 0.15) is 5.82 Å². The van der Waals surface area contributed by atoms with E-state index in [1.165, 1.54) is 6.92 Å². The van der Waals surface area contributed by atoms with Crippen molar-refractivity contribution in [1.29, 1.82) is 0 Å². The molecule has 0 aliphatic rings. The highest BCUT2D eigenvalue weighted by Gasteiger charge is 2.19. The largest absolute Gasteiger partial charge is 0.396 e. The van der Waals surface area contributed by atoms with E-state index in [1.807, 2.05) is 0 Å². The molecule has 0 amide bonds. The lowest BCUT2D eigenvalue weighted by atomic mass is 10.0. The molecule has 0 fully saturated rings. The summed E-state index contributed by atoms with van der Waals surface area (Å²) in [5.74, 6) is -3.90. The number of rotatable bonds is 2. The van der Waals surface area contributed by atoms with E-state index in [0.29, 0.717) is 0 Å². The van der Waals surface area contributed by atoms with E-state index < -0.39 is 27.8 Å². The van der Waals surface area contributed by atoms with Crippen LogP contribution < -0.4 is 0 Å². The highest BCUT2D eigenvalue weighted by atomic mass is 79.9. The van der Waals surface area contributed by atoms with Crippen LogP contribution in [0.4, 0.5) is 13.2 Å². The standard InChI is InChI=1S/C9H8BrF3O/c1-4(3-14)5-2-6(11)7(10)9(13)8(5)12/h2,4,14H,3H2,1H3. The van der Waals surface area contributed by atoms with Gasteiger partial charge in [-0.3, -0.25) is 0 Å². The Kier molecular flexibility index (Phi) is 3.55. The van der Waals surface area contributed by atoms with Gasteiger partial charge in [0.2, 0.25) is 0 Å². The number of hydrogen-bond acceptors (Lipinski definition) is 1. The molecule has 0 aliphatic heterocycles. The Morgan fingerprint density at radius 1 is 1.36 bits per heavy atom. The second-order valence-electron chi connectivity index (χ2n) is 2.97. The lowest BCUT2D eigenvalue weighted by Crippen LogP contribution is -2.05. The Bertz CT molecular complexity index is 354. The molecule has 0 aliphatic carbocycles. The topological polar surface area (TPSA) is 20.2 Å². The van der Waals surface area contributed by atoms with E-state index in [2.05, 4.69) is 15.9 Å². The molecule has 1 rings (SSSR count). The third-order valence-electron chi connectivity index (χ3n) is 1.94. The van der Waals surface area contributed by atoms with Crippen LogP contribution in [0, 0.1) is 17.5 Å². The Morgan fingerprint density at radius 3 is 2.43 bits per heavy atom. The molecular formula is C9H8BrF3O. The summed E-state index contributed by atoms with van der Waals surface area (Å²) >= 11 is 2.58. The molecule has 14 heavy (non-hydrogen) atoms. The number of benzene rings is 1. The first kappa shape index (κ1) is 11.5. The average Bonchev–Trinajstić information content (AvgIpc) is 2.19. The summed E-state index contributed by atoms with van der Waals surface area (Å²) in [5.41, 5.74) is -0.161. The second kappa shape index (κ2) is 4.31. The van der Waals surface area contributed by atoms with Crippen LogP contribution >= 0.6 is 15.9 Å². The molecule has 0 spiro atoms. The van der Waals surface area contributed by atoms with Gasteiger partial charge in [0.05, 0.1) is 4.47 Å². The summed E-state index contributed by atoms with van der Waals surface area (Å²) in [6.07, 6.45) is 0. The SMILES string of the molecule is CC(CO)c1cc(F)c(Br)c(F)c1F. The minimum atomic E-state index is -1.26. The number of hydrogen-bond donors (Lipinski definition) is 1. The number of aliphatic hydroxyl groups is 1. The summed E-state index contributed by atoms with van der Waals surface area (Å²) in [6.45, 7) is 1.11. The maximum Gasteiger partial charge on any atom is 0.176 e. The molecule has 0 radical (unpaired) electrons. The quantitative estimate of drug-likeness (QED) is 0.646. The maximum absolute atomic E-state index is 13.2. The number of aliphatic hydroxyl groups excluding tert-OH is 1. The second-order valence-corrected chi connectivity index (χ2v) is 3.77. The fourth-order valence-electron chi connectivity index (χ4n) is 1.05. The smallest absolute Gasteiger partial charge is 0.176 e. The molecule has 1 atom stereocenters. The average molecular weight is 269 g/mol. The first-order valence-corrected chi connectivity index (χ1v) is 4.72. The van der Waals surface area contributed by atoms with Gasteiger partial charge < -0.3 is 5.11 Å². The molecule has 5 heteroatoms. The highest BCUT2D eigenvalue weighted by molar-refractivity contribution is 9.10. The van der Waals surface area contributed by atoms with Crippen LogP contribution in [-0.2, 0) is 0 Å². The minimum absolute atomic E-state index is 0.161. The van der Waals surface area contributed by atoms with Crippen molar-refractivity contribution in [3.05, 3.63) is 33.6 Å². The summed E-state index contributed by atoms with van der Waals surface area (Å²) in [4.78, 5) is 0. The van der Waals surface area contributed by atoms with Crippen LogP contribution in [0.2, 0.25) is 0 Å². The molecule has 0 saturated heterocycles. The molecule has 0 bridgehead atoms. The minimum Gasteiger partial charge on any atom is -0.396 e. The Morgan fingerprint density at radius 2 is 1.93 bits per heavy atom. The van der Waals surface area contributed by atoms with E-state index >= 15 is 0 Å². The van der Waals surface area contributed by atoms with E-state index in [4.69, 9.17) is 5.11 Å². The van der Waals surface area contributed by atoms with Crippen molar-refractivity contribution in [2.24, 2.45) is 0 Å². The summed E-state index contributed by atoms with van der Waals surface area (Å²) in [5, 5.41) is 8.74. The third kappa shape index (κ3) is 1.93. The lowest BCUT2D eigenvalue weighted by Gasteiger charge is -2.11. The maximum atomic E-state index is 13.2. The molecule has 78 valence electrons. The van der Waals surface area contributed by atoms with Crippen LogP contribution in [0.3, 0.4) is 0 Å². The van der Waals surface area contributed by atoms with Crippen LogP contribution in [-0.4, -0.2) is 11.7 Å². The molecule has 1 N–H and O–H groups in total. The zero-order valence-electron chi connectivity index (χ0n) is 7.32. The Balaban J connectivity index is 3.33. The molecule has 0 aromatic heterocycles. The lowest BCUT2D eigenvalue weighted by molar-refractivity contribution is 0.269. The molecule has 1 unspecified atom stereocenters. The van der Waals surface area contributed by atoms with Crippen LogP contribution in [0.15, 0.2) is 10.5 Å². The van der Waals surface area contributed by atoms with Crippen LogP contribution in [0.25, 0.3) is 0 Å². The number of halogens is 4. The van der Waals surface area contributed by atoms with Crippen molar-refractivity contribution in [3.8, 4) is 0 Å². The third-order valence-corrected chi connectivity index (χ3v) is 2.66. The van der Waals surface area contributed by atoms with Gasteiger partial charge in [0.25, 0.3) is 0 Å². The zero-order valence-corrected chi connectivity index (χ0v) is 8.91. The van der Waals surface area contributed by atoms with Gasteiger partial charge in [-0.15, -0.1) is 0 Å². The predicted octanol–water partition coefficient (Wildman–Crippen LogP) is 2.96. The van der Waals surface area contributed by atoms with E-state index in [0.717, 1.165) is 6.07 Å².